The van der Waals surface area contributed by atoms with Crippen LogP contribution < -0.4 is 5.32 Å². The van der Waals surface area contributed by atoms with Gasteiger partial charge in [-0.2, -0.15) is 0 Å². The van der Waals surface area contributed by atoms with Gasteiger partial charge in [-0.3, -0.25) is 14.7 Å². The quantitative estimate of drug-likeness (QED) is 0.207. The molecule has 0 radical (unpaired) electrons. The van der Waals surface area contributed by atoms with Gasteiger partial charge in [0.1, 0.15) is 18.2 Å². The third-order valence-corrected chi connectivity index (χ3v) is 7.04. The first-order valence-electron chi connectivity index (χ1n) is 14.3. The van der Waals surface area contributed by atoms with E-state index in [2.05, 4.69) is 22.4 Å². The number of nitrogens with one attached hydrogen (secondary N) is 1. The van der Waals surface area contributed by atoms with Crippen molar-refractivity contribution in [2.24, 2.45) is 0 Å². The van der Waals surface area contributed by atoms with E-state index >= 15 is 0 Å². The highest BCUT2D eigenvalue weighted by Crippen LogP contribution is 2.44. The van der Waals surface area contributed by atoms with Crippen LogP contribution in [0.5, 0.6) is 0 Å². The van der Waals surface area contributed by atoms with Crippen molar-refractivity contribution in [1.82, 2.24) is 15.2 Å². The second kappa shape index (κ2) is 14.1. The van der Waals surface area contributed by atoms with Gasteiger partial charge in [-0.25, -0.2) is 9.59 Å². The van der Waals surface area contributed by atoms with Crippen molar-refractivity contribution in [3.63, 3.8) is 0 Å². The smallest absolute Gasteiger partial charge is 0.407 e. The van der Waals surface area contributed by atoms with Crippen molar-refractivity contribution < 1.29 is 29.0 Å². The predicted molar refractivity (Wildman–Crippen MR) is 159 cm³/mol. The van der Waals surface area contributed by atoms with Crippen molar-refractivity contribution >= 4 is 18.0 Å². The number of carbonyl (C=O) groups is 3. The molecule has 0 saturated carbocycles. The molecule has 1 heterocycles. The van der Waals surface area contributed by atoms with Crippen molar-refractivity contribution in [3.8, 4) is 11.1 Å². The standard InChI is InChI=1S/C33H39N3O6/c1-33(2,3)42-30(37)21-36(20-23-12-8-10-18-34-23)19-11-9-17-29(31(38)39)35-32(40)41-22-28-26-15-6-4-13-24(26)25-14-5-7-16-27(25)28/h4-8,10,12-16,18,28-29H,9,11,17,19-22H2,1-3H3,(H,35,40)(H,38,39)/t29-/m1/s1. The number of carboxylic acids is 1. The summed E-state index contributed by atoms with van der Waals surface area (Å²) in [4.78, 5) is 43.3. The molecule has 0 fully saturated rings. The minimum absolute atomic E-state index is 0.0915. The average Bonchev–Trinajstić information content (AvgIpc) is 3.26. The second-order valence-electron chi connectivity index (χ2n) is 11.5. The normalized spacial score (nSPS) is 13.2. The molecular formula is C33H39N3O6. The van der Waals surface area contributed by atoms with Gasteiger partial charge in [-0.15, -0.1) is 0 Å². The van der Waals surface area contributed by atoms with Gasteiger partial charge in [-0.1, -0.05) is 54.6 Å². The van der Waals surface area contributed by atoms with Crippen LogP contribution in [0.3, 0.4) is 0 Å². The van der Waals surface area contributed by atoms with Crippen LogP contribution in [0.25, 0.3) is 11.1 Å². The number of esters is 1. The number of alkyl carbamates (subject to hydrolysis) is 1. The number of benzene rings is 2. The SMILES string of the molecule is CC(C)(C)OC(=O)CN(CCCC[C@@H](NC(=O)OCC1c2ccccc2-c2ccccc21)C(=O)O)Cc1ccccn1. The number of aliphatic carboxylic acids is 1. The summed E-state index contributed by atoms with van der Waals surface area (Å²) in [5.41, 5.74) is 4.64. The van der Waals surface area contributed by atoms with Gasteiger partial charge in [0.25, 0.3) is 0 Å². The lowest BCUT2D eigenvalue weighted by Crippen LogP contribution is -2.41. The Labute approximate surface area is 246 Å². The number of hydrogen-bond acceptors (Lipinski definition) is 7. The molecular weight excluding hydrogens is 534 g/mol. The molecule has 1 aliphatic rings. The molecule has 9 nitrogen and oxygen atoms in total. The molecule has 1 aliphatic carbocycles. The monoisotopic (exact) mass is 573 g/mol. The van der Waals surface area contributed by atoms with E-state index in [4.69, 9.17) is 9.47 Å². The fraction of sp³-hybridized carbons (Fsp3) is 0.394. The lowest BCUT2D eigenvalue weighted by atomic mass is 9.98. The minimum Gasteiger partial charge on any atom is -0.480 e. The van der Waals surface area contributed by atoms with E-state index in [1.807, 2.05) is 80.3 Å². The van der Waals surface area contributed by atoms with E-state index in [9.17, 15) is 19.5 Å². The Kier molecular flexibility index (Phi) is 10.3. The third-order valence-electron chi connectivity index (χ3n) is 7.04. The Hall–Kier alpha value is -4.24. The van der Waals surface area contributed by atoms with Gasteiger partial charge < -0.3 is 19.9 Å². The molecule has 0 saturated heterocycles. The zero-order valence-corrected chi connectivity index (χ0v) is 24.4. The first-order valence-corrected chi connectivity index (χ1v) is 14.3. The topological polar surface area (TPSA) is 118 Å². The number of unbranched alkanes of at least 4 members (excludes halogenated alkanes) is 1. The molecule has 0 bridgehead atoms. The summed E-state index contributed by atoms with van der Waals surface area (Å²) in [6.07, 6.45) is 2.31. The van der Waals surface area contributed by atoms with E-state index in [-0.39, 0.29) is 31.5 Å². The molecule has 3 aromatic rings. The number of rotatable bonds is 13. The molecule has 0 aliphatic heterocycles. The molecule has 42 heavy (non-hydrogen) atoms. The molecule has 9 heteroatoms. The average molecular weight is 574 g/mol. The zero-order valence-electron chi connectivity index (χ0n) is 24.4. The van der Waals surface area contributed by atoms with Crippen LogP contribution in [-0.2, 0) is 25.6 Å². The Bertz CT molecular complexity index is 1330. The molecule has 2 N–H and O–H groups in total. The van der Waals surface area contributed by atoms with Gasteiger partial charge in [-0.05, 0) is 81.0 Å². The number of ether oxygens (including phenoxy) is 2. The molecule has 1 aromatic heterocycles. The Morgan fingerprint density at radius 1 is 0.952 bits per heavy atom. The zero-order chi connectivity index (χ0) is 30.1. The van der Waals surface area contributed by atoms with Crippen molar-refractivity contribution in [2.45, 2.75) is 64.1 Å². The van der Waals surface area contributed by atoms with Gasteiger partial charge in [0.05, 0.1) is 12.2 Å². The van der Waals surface area contributed by atoms with Crippen LogP contribution in [0.1, 0.15) is 62.8 Å². The first kappa shape index (κ1) is 30.7. The summed E-state index contributed by atoms with van der Waals surface area (Å²) < 4.78 is 11.0. The maximum absolute atomic E-state index is 12.7. The summed E-state index contributed by atoms with van der Waals surface area (Å²) in [5, 5.41) is 12.3. The minimum atomic E-state index is -1.12. The number of nitrogens with zero attached hydrogens (tertiary/aromatic N) is 2. The highest BCUT2D eigenvalue weighted by Gasteiger charge is 2.30. The summed E-state index contributed by atoms with van der Waals surface area (Å²) >= 11 is 0. The number of fused-ring (bicyclic) bond motifs is 3. The number of amides is 1. The first-order chi connectivity index (χ1) is 20.1. The molecule has 4 rings (SSSR count). The van der Waals surface area contributed by atoms with Crippen LogP contribution in [-0.4, -0.2) is 64.4 Å². The highest BCUT2D eigenvalue weighted by molar-refractivity contribution is 5.81. The van der Waals surface area contributed by atoms with Crippen molar-refractivity contribution in [2.75, 3.05) is 19.7 Å². The summed E-state index contributed by atoms with van der Waals surface area (Å²) in [6, 6.07) is 20.6. The van der Waals surface area contributed by atoms with Gasteiger partial charge in [0.15, 0.2) is 0 Å². The van der Waals surface area contributed by atoms with Crippen molar-refractivity contribution in [3.05, 3.63) is 89.7 Å². The van der Waals surface area contributed by atoms with Crippen LogP contribution in [0, 0.1) is 0 Å². The molecule has 2 aromatic carbocycles. The number of carboxylic acid groups (broad SMARTS) is 1. The fourth-order valence-corrected chi connectivity index (χ4v) is 5.21. The van der Waals surface area contributed by atoms with E-state index in [0.717, 1.165) is 27.9 Å². The number of carbonyl (C=O) groups excluding carboxylic acids is 2. The highest BCUT2D eigenvalue weighted by atomic mass is 16.6. The van der Waals surface area contributed by atoms with Crippen LogP contribution in [0.4, 0.5) is 4.79 Å². The third kappa shape index (κ3) is 8.63. The maximum atomic E-state index is 12.7. The summed E-state index contributed by atoms with van der Waals surface area (Å²) in [5.74, 6) is -1.57. The molecule has 0 spiro atoms. The molecule has 1 amide bonds. The van der Waals surface area contributed by atoms with E-state index in [1.165, 1.54) is 0 Å². The molecule has 1 atom stereocenters. The van der Waals surface area contributed by atoms with Gasteiger partial charge in [0.2, 0.25) is 0 Å². The largest absolute Gasteiger partial charge is 0.480 e. The van der Waals surface area contributed by atoms with E-state index in [0.29, 0.717) is 25.9 Å². The van der Waals surface area contributed by atoms with Crippen LogP contribution in [0.15, 0.2) is 72.9 Å². The summed E-state index contributed by atoms with van der Waals surface area (Å²) in [7, 11) is 0. The van der Waals surface area contributed by atoms with E-state index in [1.54, 1.807) is 6.20 Å². The Morgan fingerprint density at radius 2 is 1.60 bits per heavy atom. The van der Waals surface area contributed by atoms with Crippen molar-refractivity contribution in [1.29, 1.82) is 0 Å². The lowest BCUT2D eigenvalue weighted by Gasteiger charge is -2.25. The Balaban J connectivity index is 1.28. The molecule has 0 unspecified atom stereocenters. The number of aromatic nitrogens is 1. The van der Waals surface area contributed by atoms with Gasteiger partial charge in [0, 0.05) is 18.7 Å². The van der Waals surface area contributed by atoms with E-state index < -0.39 is 23.7 Å². The maximum Gasteiger partial charge on any atom is 0.407 e. The van der Waals surface area contributed by atoms with Crippen LogP contribution >= 0.6 is 0 Å². The van der Waals surface area contributed by atoms with Gasteiger partial charge >= 0.3 is 18.0 Å². The second-order valence-corrected chi connectivity index (χ2v) is 11.5. The fourth-order valence-electron chi connectivity index (χ4n) is 5.21. The number of pyridine rings is 1. The predicted octanol–water partition coefficient (Wildman–Crippen LogP) is 5.39. The Morgan fingerprint density at radius 3 is 2.19 bits per heavy atom. The molecule has 222 valence electrons. The lowest BCUT2D eigenvalue weighted by molar-refractivity contribution is -0.156. The number of hydrogen-bond donors (Lipinski definition) is 2. The van der Waals surface area contributed by atoms with Crippen LogP contribution in [0.2, 0.25) is 0 Å². The summed E-state index contributed by atoms with van der Waals surface area (Å²) in [6.45, 7) is 6.66.